The van der Waals surface area contributed by atoms with Crippen LogP contribution in [0.4, 0.5) is 14.5 Å². The summed E-state index contributed by atoms with van der Waals surface area (Å²) in [4.78, 5) is 28.9. The van der Waals surface area contributed by atoms with Gasteiger partial charge in [0.1, 0.15) is 0 Å². The molecule has 1 unspecified atom stereocenters. The average Bonchev–Trinajstić information content (AvgIpc) is 2.85. The van der Waals surface area contributed by atoms with Gasteiger partial charge in [0, 0.05) is 38.4 Å². The first kappa shape index (κ1) is 28.2. The largest absolute Gasteiger partial charge is 0.368 e. The van der Waals surface area contributed by atoms with Crippen molar-refractivity contribution in [1.29, 1.82) is 0 Å². The summed E-state index contributed by atoms with van der Waals surface area (Å²) in [6, 6.07) is 11.0. The Morgan fingerprint density at radius 2 is 1.66 bits per heavy atom. The molecule has 2 amide bonds. The molecule has 3 N–H and O–H groups in total. The number of anilines is 1. The van der Waals surface area contributed by atoms with Gasteiger partial charge in [0.05, 0.1) is 11.5 Å². The average molecular weight is 489 g/mol. The third-order valence-corrected chi connectivity index (χ3v) is 6.08. The Hall–Kier alpha value is -3.00. The lowest BCUT2D eigenvalue weighted by molar-refractivity contribution is -0.123. The van der Waals surface area contributed by atoms with Crippen LogP contribution >= 0.6 is 0 Å². The Bertz CT molecular complexity index is 975. The number of hydrogen-bond donors (Lipinski definition) is 2. The number of nitrogens with one attached hydrogen (secondary N) is 1. The summed E-state index contributed by atoms with van der Waals surface area (Å²) < 4.78 is 26.9. The Balaban J connectivity index is 0.00000210. The molecule has 192 valence electrons. The lowest BCUT2D eigenvalue weighted by atomic mass is 9.87. The van der Waals surface area contributed by atoms with E-state index < -0.39 is 23.5 Å². The van der Waals surface area contributed by atoms with E-state index >= 15 is 0 Å². The molecule has 0 saturated carbocycles. The number of nitrogens with two attached hydrogens (primary N) is 1. The van der Waals surface area contributed by atoms with E-state index in [1.807, 2.05) is 45.9 Å². The standard InChI is InChI=1S/C25H32F2N4O2.C2H6/c1-17(2)23(18-8-9-20(26)21(27)16-18)25(33)29-10-5-11-30-12-14-31(15-13-30)22-7-4-3-6-19(22)24(28)32;1-2/h3-4,6-9,16-17,23H,5,10-15H2,1-2H3,(H2,28,32)(H,29,33);1-2H3. The molecule has 6 nitrogen and oxygen atoms in total. The topological polar surface area (TPSA) is 78.7 Å². The predicted molar refractivity (Wildman–Crippen MR) is 137 cm³/mol. The van der Waals surface area contributed by atoms with Crippen molar-refractivity contribution < 1.29 is 18.4 Å². The number of carbonyl (C=O) groups excluding carboxylic acids is 2. The molecule has 0 radical (unpaired) electrons. The molecule has 1 heterocycles. The number of halogens is 2. The van der Waals surface area contributed by atoms with E-state index in [0.717, 1.165) is 57.0 Å². The maximum atomic E-state index is 13.6. The van der Waals surface area contributed by atoms with Crippen LogP contribution in [0.1, 0.15) is 56.0 Å². The summed E-state index contributed by atoms with van der Waals surface area (Å²) in [6.07, 6.45) is 0.784. The number of carbonyl (C=O) groups is 2. The van der Waals surface area contributed by atoms with Crippen molar-refractivity contribution in [3.63, 3.8) is 0 Å². The lowest BCUT2D eigenvalue weighted by Gasteiger charge is -2.36. The fraction of sp³-hybridized carbons (Fsp3) is 0.481. The first-order chi connectivity index (χ1) is 16.8. The first-order valence-electron chi connectivity index (χ1n) is 12.4. The summed E-state index contributed by atoms with van der Waals surface area (Å²) in [5.74, 6) is -3.04. The van der Waals surface area contributed by atoms with Crippen LogP contribution in [0.25, 0.3) is 0 Å². The molecule has 0 spiro atoms. The van der Waals surface area contributed by atoms with Gasteiger partial charge in [-0.15, -0.1) is 0 Å². The van der Waals surface area contributed by atoms with Crippen LogP contribution in [0.5, 0.6) is 0 Å². The molecule has 2 aromatic rings. The van der Waals surface area contributed by atoms with Gasteiger partial charge < -0.3 is 16.0 Å². The van der Waals surface area contributed by atoms with E-state index in [-0.39, 0.29) is 11.8 Å². The van der Waals surface area contributed by atoms with Crippen molar-refractivity contribution in [2.75, 3.05) is 44.2 Å². The van der Waals surface area contributed by atoms with E-state index in [2.05, 4.69) is 15.1 Å². The highest BCUT2D eigenvalue weighted by Gasteiger charge is 2.25. The van der Waals surface area contributed by atoms with Crippen molar-refractivity contribution in [3.8, 4) is 0 Å². The Labute approximate surface area is 207 Å². The SMILES string of the molecule is CC.CC(C)C(C(=O)NCCCN1CCN(c2ccccc2C(N)=O)CC1)c1ccc(F)c(F)c1. The number of amides is 2. The molecule has 0 aromatic heterocycles. The molecule has 0 aliphatic carbocycles. The van der Waals surface area contributed by atoms with Gasteiger partial charge in [0.25, 0.3) is 5.91 Å². The molecule has 35 heavy (non-hydrogen) atoms. The van der Waals surface area contributed by atoms with Gasteiger partial charge in [0.15, 0.2) is 11.6 Å². The highest BCUT2D eigenvalue weighted by atomic mass is 19.2. The molecule has 1 fully saturated rings. The number of piperazine rings is 1. The zero-order valence-electron chi connectivity index (χ0n) is 21.2. The summed E-state index contributed by atoms with van der Waals surface area (Å²) in [5.41, 5.74) is 7.39. The number of para-hydroxylation sites is 1. The quantitative estimate of drug-likeness (QED) is 0.520. The highest BCUT2D eigenvalue weighted by molar-refractivity contribution is 5.98. The minimum Gasteiger partial charge on any atom is -0.368 e. The van der Waals surface area contributed by atoms with Gasteiger partial charge in [-0.25, -0.2) is 8.78 Å². The van der Waals surface area contributed by atoms with Crippen LogP contribution in [-0.4, -0.2) is 56.0 Å². The number of nitrogens with zero attached hydrogens (tertiary/aromatic N) is 2. The van der Waals surface area contributed by atoms with E-state index in [9.17, 15) is 18.4 Å². The molecule has 0 bridgehead atoms. The third-order valence-electron chi connectivity index (χ3n) is 6.08. The van der Waals surface area contributed by atoms with Crippen molar-refractivity contribution in [2.45, 2.75) is 40.0 Å². The minimum atomic E-state index is -0.941. The van der Waals surface area contributed by atoms with Gasteiger partial charge >= 0.3 is 0 Å². The van der Waals surface area contributed by atoms with Crippen LogP contribution < -0.4 is 16.0 Å². The van der Waals surface area contributed by atoms with E-state index in [4.69, 9.17) is 5.73 Å². The monoisotopic (exact) mass is 488 g/mol. The molecule has 3 rings (SSSR count). The summed E-state index contributed by atoms with van der Waals surface area (Å²) in [5, 5.41) is 2.95. The summed E-state index contributed by atoms with van der Waals surface area (Å²) >= 11 is 0. The second-order valence-corrected chi connectivity index (χ2v) is 8.75. The fourth-order valence-corrected chi connectivity index (χ4v) is 4.34. The predicted octanol–water partition coefficient (Wildman–Crippen LogP) is 4.16. The molecule has 1 aliphatic rings. The van der Waals surface area contributed by atoms with Crippen LogP contribution in [0.2, 0.25) is 0 Å². The number of rotatable bonds is 9. The Morgan fingerprint density at radius 3 is 2.26 bits per heavy atom. The summed E-state index contributed by atoms with van der Waals surface area (Å²) in [7, 11) is 0. The van der Waals surface area contributed by atoms with Gasteiger partial charge in [-0.3, -0.25) is 14.5 Å². The molecular formula is C27H38F2N4O2. The molecule has 1 atom stereocenters. The van der Waals surface area contributed by atoms with Gasteiger partial charge in [-0.1, -0.05) is 45.9 Å². The molecular weight excluding hydrogens is 450 g/mol. The highest BCUT2D eigenvalue weighted by Crippen LogP contribution is 2.26. The van der Waals surface area contributed by atoms with Crippen molar-refractivity contribution in [1.82, 2.24) is 10.2 Å². The zero-order chi connectivity index (χ0) is 26.0. The Kier molecular flexibility index (Phi) is 11.1. The summed E-state index contributed by atoms with van der Waals surface area (Å²) in [6.45, 7) is 12.4. The normalized spacial score (nSPS) is 14.8. The van der Waals surface area contributed by atoms with Crippen molar-refractivity contribution in [3.05, 3.63) is 65.2 Å². The van der Waals surface area contributed by atoms with Gasteiger partial charge in [-0.2, -0.15) is 0 Å². The Morgan fingerprint density at radius 1 is 1.00 bits per heavy atom. The van der Waals surface area contributed by atoms with E-state index in [1.165, 1.54) is 6.07 Å². The van der Waals surface area contributed by atoms with Gasteiger partial charge in [-0.05, 0) is 48.7 Å². The first-order valence-corrected chi connectivity index (χ1v) is 12.4. The maximum Gasteiger partial charge on any atom is 0.250 e. The van der Waals surface area contributed by atoms with Crippen LogP contribution in [-0.2, 0) is 4.79 Å². The van der Waals surface area contributed by atoms with Crippen LogP contribution in [0.3, 0.4) is 0 Å². The number of primary amides is 1. The fourth-order valence-electron chi connectivity index (χ4n) is 4.34. The maximum absolute atomic E-state index is 13.6. The molecule has 8 heteroatoms. The second-order valence-electron chi connectivity index (χ2n) is 8.75. The number of hydrogen-bond acceptors (Lipinski definition) is 4. The van der Waals surface area contributed by atoms with Crippen molar-refractivity contribution >= 4 is 17.5 Å². The van der Waals surface area contributed by atoms with Crippen molar-refractivity contribution in [2.24, 2.45) is 11.7 Å². The minimum absolute atomic E-state index is 0.0498. The smallest absolute Gasteiger partial charge is 0.250 e. The van der Waals surface area contributed by atoms with Crippen LogP contribution in [0.15, 0.2) is 42.5 Å². The number of benzene rings is 2. The lowest BCUT2D eigenvalue weighted by Crippen LogP contribution is -2.47. The second kappa shape index (κ2) is 13.8. The molecule has 2 aromatic carbocycles. The van der Waals surface area contributed by atoms with E-state index in [1.54, 1.807) is 6.07 Å². The van der Waals surface area contributed by atoms with Crippen LogP contribution in [0, 0.1) is 17.6 Å². The van der Waals surface area contributed by atoms with E-state index in [0.29, 0.717) is 17.7 Å². The molecule has 1 saturated heterocycles. The third kappa shape index (κ3) is 7.75. The van der Waals surface area contributed by atoms with Gasteiger partial charge in [0.2, 0.25) is 5.91 Å². The molecule has 1 aliphatic heterocycles. The zero-order valence-corrected chi connectivity index (χ0v) is 21.2.